The molecular weight excluding hydrogens is 246 g/mol. The number of aryl methyl sites for hydroxylation is 1. The van der Waals surface area contributed by atoms with E-state index in [1.54, 1.807) is 12.1 Å². The number of para-hydroxylation sites is 1. The van der Waals surface area contributed by atoms with Crippen LogP contribution in [0.1, 0.15) is 5.69 Å². The minimum atomic E-state index is 0.637. The van der Waals surface area contributed by atoms with Crippen LogP contribution in [0.15, 0.2) is 42.5 Å². The average molecular weight is 258 g/mol. The van der Waals surface area contributed by atoms with E-state index in [0.717, 1.165) is 22.3 Å². The molecule has 18 heavy (non-hydrogen) atoms. The number of nitrogens with zero attached hydrogens (tertiary/aromatic N) is 2. The van der Waals surface area contributed by atoms with Crippen molar-refractivity contribution in [2.24, 2.45) is 0 Å². The van der Waals surface area contributed by atoms with E-state index < -0.39 is 0 Å². The van der Waals surface area contributed by atoms with Gasteiger partial charge >= 0.3 is 0 Å². The summed E-state index contributed by atoms with van der Waals surface area (Å²) in [5.41, 5.74) is 9.30. The maximum absolute atomic E-state index is 6.22. The average Bonchev–Trinajstić information content (AvgIpc) is 2.71. The lowest BCUT2D eigenvalue weighted by Crippen LogP contribution is -1.99. The standard InChI is InChI=1S/C14H12ClN3/c1-9-11-4-2-3-5-13(11)18(17-9)14-8-10(16)6-7-12(14)15/h2-8H,16H2,1H3. The second-order valence-electron chi connectivity index (χ2n) is 4.23. The second kappa shape index (κ2) is 4.03. The summed E-state index contributed by atoms with van der Waals surface area (Å²) in [4.78, 5) is 0. The molecule has 0 saturated heterocycles. The predicted octanol–water partition coefficient (Wildman–Crippen LogP) is 3.57. The Labute approximate surface area is 110 Å². The zero-order chi connectivity index (χ0) is 12.7. The number of halogens is 1. The Bertz CT molecular complexity index is 731. The molecule has 0 spiro atoms. The van der Waals surface area contributed by atoms with Crippen molar-refractivity contribution in [3.8, 4) is 5.69 Å². The number of nitrogen functional groups attached to an aromatic ring is 1. The third kappa shape index (κ3) is 1.64. The fourth-order valence-corrected chi connectivity index (χ4v) is 2.30. The lowest BCUT2D eigenvalue weighted by molar-refractivity contribution is 0.889. The summed E-state index contributed by atoms with van der Waals surface area (Å²) in [5.74, 6) is 0. The first-order valence-corrected chi connectivity index (χ1v) is 6.04. The van der Waals surface area contributed by atoms with Crippen LogP contribution in [0.3, 0.4) is 0 Å². The number of rotatable bonds is 1. The Morgan fingerprint density at radius 3 is 2.78 bits per heavy atom. The first kappa shape index (κ1) is 11.1. The first-order valence-electron chi connectivity index (χ1n) is 5.66. The third-order valence-corrected chi connectivity index (χ3v) is 3.29. The van der Waals surface area contributed by atoms with Gasteiger partial charge < -0.3 is 5.73 Å². The lowest BCUT2D eigenvalue weighted by atomic mass is 10.2. The van der Waals surface area contributed by atoms with Gasteiger partial charge in [-0.3, -0.25) is 0 Å². The highest BCUT2D eigenvalue weighted by molar-refractivity contribution is 6.32. The smallest absolute Gasteiger partial charge is 0.0859 e. The van der Waals surface area contributed by atoms with Crippen LogP contribution in [0.4, 0.5) is 5.69 Å². The van der Waals surface area contributed by atoms with Crippen molar-refractivity contribution >= 4 is 28.2 Å². The van der Waals surface area contributed by atoms with Crippen molar-refractivity contribution in [2.45, 2.75) is 6.92 Å². The zero-order valence-electron chi connectivity index (χ0n) is 9.89. The van der Waals surface area contributed by atoms with E-state index in [2.05, 4.69) is 5.10 Å². The Kier molecular flexibility index (Phi) is 2.49. The zero-order valence-corrected chi connectivity index (χ0v) is 10.6. The Morgan fingerprint density at radius 2 is 1.94 bits per heavy atom. The van der Waals surface area contributed by atoms with E-state index in [4.69, 9.17) is 17.3 Å². The number of fused-ring (bicyclic) bond motifs is 1. The van der Waals surface area contributed by atoms with E-state index in [9.17, 15) is 0 Å². The molecule has 2 aromatic carbocycles. The molecule has 0 atom stereocenters. The van der Waals surface area contributed by atoms with Crippen molar-refractivity contribution in [1.29, 1.82) is 0 Å². The van der Waals surface area contributed by atoms with Crippen LogP contribution in [0.25, 0.3) is 16.6 Å². The Balaban J connectivity index is 2.35. The molecule has 1 heterocycles. The molecule has 3 nitrogen and oxygen atoms in total. The van der Waals surface area contributed by atoms with Gasteiger partial charge in [0.2, 0.25) is 0 Å². The third-order valence-electron chi connectivity index (χ3n) is 2.97. The highest BCUT2D eigenvalue weighted by Crippen LogP contribution is 2.27. The second-order valence-corrected chi connectivity index (χ2v) is 4.63. The number of benzene rings is 2. The number of anilines is 1. The normalized spacial score (nSPS) is 11.0. The Hall–Kier alpha value is -2.00. The quantitative estimate of drug-likeness (QED) is 0.678. The number of nitrogens with two attached hydrogens (primary N) is 1. The molecule has 0 amide bonds. The summed E-state index contributed by atoms with van der Waals surface area (Å²) < 4.78 is 1.84. The highest BCUT2D eigenvalue weighted by atomic mass is 35.5. The van der Waals surface area contributed by atoms with Crippen LogP contribution in [0.5, 0.6) is 0 Å². The highest BCUT2D eigenvalue weighted by Gasteiger charge is 2.11. The molecule has 3 rings (SSSR count). The number of hydrogen-bond donors (Lipinski definition) is 1. The number of aromatic nitrogens is 2. The van der Waals surface area contributed by atoms with Crippen LogP contribution in [0, 0.1) is 6.92 Å². The van der Waals surface area contributed by atoms with E-state index >= 15 is 0 Å². The molecule has 0 aliphatic carbocycles. The summed E-state index contributed by atoms with van der Waals surface area (Å²) in [6.07, 6.45) is 0. The molecule has 4 heteroatoms. The van der Waals surface area contributed by atoms with E-state index in [-0.39, 0.29) is 0 Å². The maximum Gasteiger partial charge on any atom is 0.0859 e. The molecule has 2 N–H and O–H groups in total. The minimum absolute atomic E-state index is 0.637. The fourth-order valence-electron chi connectivity index (χ4n) is 2.10. The molecule has 0 aliphatic heterocycles. The summed E-state index contributed by atoms with van der Waals surface area (Å²) in [7, 11) is 0. The van der Waals surface area contributed by atoms with Crippen molar-refractivity contribution in [1.82, 2.24) is 9.78 Å². The molecule has 90 valence electrons. The van der Waals surface area contributed by atoms with Gasteiger partial charge in [-0.05, 0) is 31.2 Å². The van der Waals surface area contributed by atoms with Crippen LogP contribution in [0.2, 0.25) is 5.02 Å². The van der Waals surface area contributed by atoms with Crippen LogP contribution >= 0.6 is 11.6 Å². The molecule has 0 radical (unpaired) electrons. The maximum atomic E-state index is 6.22. The van der Waals surface area contributed by atoms with Crippen molar-refractivity contribution in [3.63, 3.8) is 0 Å². The monoisotopic (exact) mass is 257 g/mol. The van der Waals surface area contributed by atoms with Crippen LogP contribution < -0.4 is 5.73 Å². The molecule has 3 aromatic rings. The molecule has 0 aliphatic rings. The van der Waals surface area contributed by atoms with Gasteiger partial charge in [0.25, 0.3) is 0 Å². The summed E-state index contributed by atoms with van der Waals surface area (Å²) in [6.45, 7) is 1.99. The molecule has 0 unspecified atom stereocenters. The van der Waals surface area contributed by atoms with Gasteiger partial charge in [0.1, 0.15) is 0 Å². The van der Waals surface area contributed by atoms with E-state index in [1.165, 1.54) is 0 Å². The Morgan fingerprint density at radius 1 is 1.17 bits per heavy atom. The van der Waals surface area contributed by atoms with Gasteiger partial charge in [0.15, 0.2) is 0 Å². The summed E-state index contributed by atoms with van der Waals surface area (Å²) >= 11 is 6.22. The summed E-state index contributed by atoms with van der Waals surface area (Å²) in [5, 5.41) is 6.30. The molecular formula is C14H12ClN3. The minimum Gasteiger partial charge on any atom is -0.399 e. The van der Waals surface area contributed by atoms with Crippen molar-refractivity contribution in [2.75, 3.05) is 5.73 Å². The first-order chi connectivity index (χ1) is 8.66. The molecule has 1 aromatic heterocycles. The topological polar surface area (TPSA) is 43.8 Å². The van der Waals surface area contributed by atoms with Crippen LogP contribution in [-0.2, 0) is 0 Å². The summed E-state index contributed by atoms with van der Waals surface area (Å²) in [6, 6.07) is 13.5. The number of hydrogen-bond acceptors (Lipinski definition) is 2. The van der Waals surface area contributed by atoms with Crippen LogP contribution in [-0.4, -0.2) is 9.78 Å². The van der Waals surface area contributed by atoms with Gasteiger partial charge in [-0.25, -0.2) is 4.68 Å². The fraction of sp³-hybridized carbons (Fsp3) is 0.0714. The van der Waals surface area contributed by atoms with Gasteiger partial charge in [0.05, 0.1) is 21.9 Å². The predicted molar refractivity (Wildman–Crippen MR) is 75.2 cm³/mol. The SMILES string of the molecule is Cc1nn(-c2cc(N)ccc2Cl)c2ccccc12. The van der Waals surface area contributed by atoms with Gasteiger partial charge in [0, 0.05) is 11.1 Å². The largest absolute Gasteiger partial charge is 0.399 e. The van der Waals surface area contributed by atoms with E-state index in [0.29, 0.717) is 10.7 Å². The molecule has 0 saturated carbocycles. The molecule has 0 fully saturated rings. The molecule has 0 bridgehead atoms. The van der Waals surface area contributed by atoms with Crippen molar-refractivity contribution in [3.05, 3.63) is 53.2 Å². The van der Waals surface area contributed by atoms with E-state index in [1.807, 2.05) is 41.9 Å². The lowest BCUT2D eigenvalue weighted by Gasteiger charge is -2.06. The van der Waals surface area contributed by atoms with Gasteiger partial charge in [-0.1, -0.05) is 29.8 Å². The van der Waals surface area contributed by atoms with Crippen molar-refractivity contribution < 1.29 is 0 Å². The van der Waals surface area contributed by atoms with Gasteiger partial charge in [-0.15, -0.1) is 0 Å². The van der Waals surface area contributed by atoms with Gasteiger partial charge in [-0.2, -0.15) is 5.10 Å².